The maximum Gasteiger partial charge on any atom is 0.323 e. The Balaban J connectivity index is 1.86. The number of rotatable bonds is 4. The molecule has 106 valence electrons. The van der Waals surface area contributed by atoms with E-state index in [-0.39, 0.29) is 11.7 Å². The van der Waals surface area contributed by atoms with E-state index in [0.717, 1.165) is 25.7 Å². The normalized spacial score (nSPS) is 26.8. The molecule has 2 atom stereocenters. The molecule has 2 rings (SSSR count). The number of carbonyl (C=O) groups excluding carboxylic acids is 1. The fourth-order valence-corrected chi connectivity index (χ4v) is 3.33. The zero-order valence-corrected chi connectivity index (χ0v) is 11.7. The summed E-state index contributed by atoms with van der Waals surface area (Å²) < 4.78 is 11.1. The highest BCUT2D eigenvalue weighted by atomic mass is 16.5. The van der Waals surface area contributed by atoms with Crippen molar-refractivity contribution < 1.29 is 14.3 Å². The molecule has 1 spiro atoms. The number of hydrogen-bond donors (Lipinski definition) is 0. The SMILES string of the molecule is CCOC(=O)C(C#N)CC1CCC2(CCCCC2)O1. The van der Waals surface area contributed by atoms with Crippen LogP contribution in [0.4, 0.5) is 0 Å². The Bertz CT molecular complexity index is 355. The van der Waals surface area contributed by atoms with Gasteiger partial charge in [-0.3, -0.25) is 4.79 Å². The van der Waals surface area contributed by atoms with Crippen LogP contribution in [0.15, 0.2) is 0 Å². The minimum Gasteiger partial charge on any atom is -0.465 e. The Morgan fingerprint density at radius 1 is 1.42 bits per heavy atom. The quantitative estimate of drug-likeness (QED) is 0.733. The summed E-state index contributed by atoms with van der Waals surface area (Å²) in [7, 11) is 0. The first-order valence-corrected chi connectivity index (χ1v) is 7.43. The molecular weight excluding hydrogens is 242 g/mol. The van der Waals surface area contributed by atoms with Gasteiger partial charge in [0.05, 0.1) is 24.4 Å². The topological polar surface area (TPSA) is 59.3 Å². The van der Waals surface area contributed by atoms with E-state index in [2.05, 4.69) is 6.07 Å². The van der Waals surface area contributed by atoms with Crippen LogP contribution in [0, 0.1) is 17.2 Å². The van der Waals surface area contributed by atoms with Gasteiger partial charge in [-0.25, -0.2) is 0 Å². The van der Waals surface area contributed by atoms with Crippen LogP contribution < -0.4 is 0 Å². The molecule has 1 saturated carbocycles. The maximum absolute atomic E-state index is 11.6. The Labute approximate surface area is 115 Å². The first kappa shape index (κ1) is 14.3. The average Bonchev–Trinajstić information content (AvgIpc) is 2.80. The summed E-state index contributed by atoms with van der Waals surface area (Å²) in [6, 6.07) is 2.05. The van der Waals surface area contributed by atoms with Crippen LogP contribution in [-0.4, -0.2) is 24.3 Å². The number of nitriles is 1. The first-order chi connectivity index (χ1) is 9.19. The number of ether oxygens (including phenoxy) is 2. The van der Waals surface area contributed by atoms with Crippen LogP contribution >= 0.6 is 0 Å². The van der Waals surface area contributed by atoms with Gasteiger partial charge in [-0.15, -0.1) is 0 Å². The molecule has 0 N–H and O–H groups in total. The van der Waals surface area contributed by atoms with Gasteiger partial charge in [-0.2, -0.15) is 5.26 Å². The average molecular weight is 265 g/mol. The molecule has 2 unspecified atom stereocenters. The molecule has 0 radical (unpaired) electrons. The van der Waals surface area contributed by atoms with Crippen molar-refractivity contribution in [2.45, 2.75) is 70.0 Å². The number of nitrogens with zero attached hydrogens (tertiary/aromatic N) is 1. The van der Waals surface area contributed by atoms with Gasteiger partial charge in [0.2, 0.25) is 0 Å². The molecule has 2 aliphatic rings. The molecule has 1 saturated heterocycles. The van der Waals surface area contributed by atoms with E-state index in [1.165, 1.54) is 19.3 Å². The lowest BCUT2D eigenvalue weighted by Gasteiger charge is -2.33. The van der Waals surface area contributed by atoms with E-state index in [4.69, 9.17) is 14.7 Å². The summed E-state index contributed by atoms with van der Waals surface area (Å²) in [6.07, 6.45) is 8.65. The third kappa shape index (κ3) is 3.48. The van der Waals surface area contributed by atoms with Gasteiger partial charge in [-0.1, -0.05) is 19.3 Å². The lowest BCUT2D eigenvalue weighted by molar-refractivity contribution is -0.148. The van der Waals surface area contributed by atoms with Gasteiger partial charge in [0, 0.05) is 6.42 Å². The van der Waals surface area contributed by atoms with E-state index < -0.39 is 11.9 Å². The van der Waals surface area contributed by atoms with Crippen LogP contribution in [-0.2, 0) is 14.3 Å². The van der Waals surface area contributed by atoms with Crippen molar-refractivity contribution in [2.24, 2.45) is 5.92 Å². The van der Waals surface area contributed by atoms with Gasteiger partial charge in [0.25, 0.3) is 0 Å². The molecule has 1 heterocycles. The van der Waals surface area contributed by atoms with Crippen molar-refractivity contribution in [3.8, 4) is 6.07 Å². The highest BCUT2D eigenvalue weighted by Crippen LogP contribution is 2.43. The van der Waals surface area contributed by atoms with Gasteiger partial charge in [-0.05, 0) is 32.6 Å². The molecule has 4 heteroatoms. The number of hydrogen-bond acceptors (Lipinski definition) is 4. The first-order valence-electron chi connectivity index (χ1n) is 7.43. The summed E-state index contributed by atoms with van der Waals surface area (Å²) in [4.78, 5) is 11.6. The van der Waals surface area contributed by atoms with Crippen molar-refractivity contribution >= 4 is 5.97 Å². The molecule has 0 aromatic heterocycles. The zero-order valence-electron chi connectivity index (χ0n) is 11.7. The minimum atomic E-state index is -0.677. The van der Waals surface area contributed by atoms with E-state index in [0.29, 0.717) is 13.0 Å². The molecule has 19 heavy (non-hydrogen) atoms. The molecular formula is C15H23NO3. The minimum absolute atomic E-state index is 0.0483. The van der Waals surface area contributed by atoms with Crippen molar-refractivity contribution in [2.75, 3.05) is 6.61 Å². The van der Waals surface area contributed by atoms with E-state index in [1.54, 1.807) is 6.92 Å². The summed E-state index contributed by atoms with van der Waals surface area (Å²) in [5.74, 6) is -1.08. The van der Waals surface area contributed by atoms with Crippen LogP contribution in [0.1, 0.15) is 58.3 Å². The second-order valence-electron chi connectivity index (χ2n) is 5.69. The van der Waals surface area contributed by atoms with Crippen molar-refractivity contribution in [1.29, 1.82) is 5.26 Å². The molecule has 1 aliphatic heterocycles. The number of esters is 1. The fraction of sp³-hybridized carbons (Fsp3) is 0.867. The summed E-state index contributed by atoms with van der Waals surface area (Å²) >= 11 is 0. The lowest BCUT2D eigenvalue weighted by Crippen LogP contribution is -2.32. The molecule has 1 aliphatic carbocycles. The highest BCUT2D eigenvalue weighted by molar-refractivity contribution is 5.75. The number of carbonyl (C=O) groups is 1. The van der Waals surface area contributed by atoms with Crippen LogP contribution in [0.2, 0.25) is 0 Å². The van der Waals surface area contributed by atoms with E-state index >= 15 is 0 Å². The van der Waals surface area contributed by atoms with E-state index in [1.807, 2.05) is 0 Å². The second kappa shape index (κ2) is 6.38. The standard InChI is InChI=1S/C15H23NO3/c1-2-18-14(17)12(11-16)10-13-6-9-15(19-13)7-4-3-5-8-15/h12-13H,2-10H2,1H3. The molecule has 0 aromatic rings. The Hall–Kier alpha value is -1.08. The predicted molar refractivity (Wildman–Crippen MR) is 70.3 cm³/mol. The third-order valence-corrected chi connectivity index (χ3v) is 4.33. The van der Waals surface area contributed by atoms with Crippen molar-refractivity contribution in [3.63, 3.8) is 0 Å². The molecule has 0 amide bonds. The second-order valence-corrected chi connectivity index (χ2v) is 5.69. The van der Waals surface area contributed by atoms with Gasteiger partial charge < -0.3 is 9.47 Å². The molecule has 4 nitrogen and oxygen atoms in total. The zero-order chi connectivity index (χ0) is 13.7. The molecule has 2 fully saturated rings. The van der Waals surface area contributed by atoms with Gasteiger partial charge in [0.15, 0.2) is 0 Å². The summed E-state index contributed by atoms with van der Waals surface area (Å²) in [5.41, 5.74) is 0.0532. The summed E-state index contributed by atoms with van der Waals surface area (Å²) in [6.45, 7) is 2.09. The Morgan fingerprint density at radius 3 is 2.79 bits per heavy atom. The van der Waals surface area contributed by atoms with Gasteiger partial charge >= 0.3 is 5.97 Å². The summed E-state index contributed by atoms with van der Waals surface area (Å²) in [5, 5.41) is 9.08. The monoisotopic (exact) mass is 265 g/mol. The van der Waals surface area contributed by atoms with Gasteiger partial charge in [0.1, 0.15) is 5.92 Å². The predicted octanol–water partition coefficient (Wildman–Crippen LogP) is 2.96. The maximum atomic E-state index is 11.6. The van der Waals surface area contributed by atoms with Crippen LogP contribution in [0.25, 0.3) is 0 Å². The molecule has 0 aromatic carbocycles. The third-order valence-electron chi connectivity index (χ3n) is 4.33. The van der Waals surface area contributed by atoms with Crippen LogP contribution in [0.5, 0.6) is 0 Å². The van der Waals surface area contributed by atoms with Crippen molar-refractivity contribution in [3.05, 3.63) is 0 Å². The smallest absolute Gasteiger partial charge is 0.323 e. The fourth-order valence-electron chi connectivity index (χ4n) is 3.33. The lowest BCUT2D eigenvalue weighted by atomic mass is 9.83. The van der Waals surface area contributed by atoms with E-state index in [9.17, 15) is 4.79 Å². The Morgan fingerprint density at radius 2 is 2.16 bits per heavy atom. The van der Waals surface area contributed by atoms with Crippen LogP contribution in [0.3, 0.4) is 0 Å². The highest BCUT2D eigenvalue weighted by Gasteiger charge is 2.42. The molecule has 0 bridgehead atoms. The Kier molecular flexibility index (Phi) is 4.81. The largest absolute Gasteiger partial charge is 0.465 e. The van der Waals surface area contributed by atoms with Crippen molar-refractivity contribution in [1.82, 2.24) is 0 Å².